The summed E-state index contributed by atoms with van der Waals surface area (Å²) in [5, 5.41) is 0. The maximum Gasteiger partial charge on any atom is 0.248 e. The number of H-pyrrole nitrogens is 1. The molecule has 0 amide bonds. The van der Waals surface area contributed by atoms with Crippen LogP contribution in [-0.4, -0.2) is 4.98 Å². The van der Waals surface area contributed by atoms with Crippen molar-refractivity contribution in [3.63, 3.8) is 0 Å². The van der Waals surface area contributed by atoms with Crippen LogP contribution in [-0.2, 0) is 12.0 Å². The van der Waals surface area contributed by atoms with Gasteiger partial charge in [0, 0.05) is 17.3 Å². The van der Waals surface area contributed by atoms with E-state index in [0.717, 1.165) is 24.1 Å². The van der Waals surface area contributed by atoms with Crippen molar-refractivity contribution in [3.8, 4) is 0 Å². The standard InChI is InChI=1S/C14H18N2O/c1-8-5-10-6-12-11(3-4-13(17)16-12)14(15,7-8)9(10)2/h3-5,9-10H,6-7,15H2,1-2H3,(H,16,17)/t9?,10-,14?/m1/s1. The summed E-state index contributed by atoms with van der Waals surface area (Å²) < 4.78 is 0. The van der Waals surface area contributed by atoms with Crippen LogP contribution in [0.15, 0.2) is 28.6 Å². The first-order valence-electron chi connectivity index (χ1n) is 6.19. The lowest BCUT2D eigenvalue weighted by Gasteiger charge is -2.48. The topological polar surface area (TPSA) is 58.9 Å². The fourth-order valence-corrected chi connectivity index (χ4v) is 3.50. The van der Waals surface area contributed by atoms with Crippen molar-refractivity contribution in [2.45, 2.75) is 32.2 Å². The molecule has 3 rings (SSSR count). The van der Waals surface area contributed by atoms with E-state index in [1.807, 2.05) is 6.07 Å². The Morgan fingerprint density at radius 2 is 2.24 bits per heavy atom. The van der Waals surface area contributed by atoms with E-state index in [4.69, 9.17) is 5.73 Å². The molecule has 0 saturated carbocycles. The monoisotopic (exact) mass is 230 g/mol. The summed E-state index contributed by atoms with van der Waals surface area (Å²) in [7, 11) is 0. The number of allylic oxidation sites excluding steroid dienone is 1. The van der Waals surface area contributed by atoms with Crippen LogP contribution in [0.3, 0.4) is 0 Å². The maximum absolute atomic E-state index is 11.4. The van der Waals surface area contributed by atoms with Crippen molar-refractivity contribution < 1.29 is 0 Å². The Balaban J connectivity index is 2.23. The van der Waals surface area contributed by atoms with Gasteiger partial charge in [-0.25, -0.2) is 0 Å². The zero-order chi connectivity index (χ0) is 12.2. The van der Waals surface area contributed by atoms with Crippen LogP contribution in [0.4, 0.5) is 0 Å². The summed E-state index contributed by atoms with van der Waals surface area (Å²) in [6, 6.07) is 3.51. The van der Waals surface area contributed by atoms with Gasteiger partial charge in [0.1, 0.15) is 0 Å². The van der Waals surface area contributed by atoms with E-state index in [9.17, 15) is 4.79 Å². The SMILES string of the molecule is CC1=C[C@@H]2Cc3[nH]c(=O)ccc3C(N)(C1)C2C. The molecule has 2 aliphatic rings. The van der Waals surface area contributed by atoms with Gasteiger partial charge in [0.05, 0.1) is 0 Å². The van der Waals surface area contributed by atoms with Gasteiger partial charge in [0.2, 0.25) is 5.56 Å². The second-order valence-corrected chi connectivity index (χ2v) is 5.60. The molecule has 17 heavy (non-hydrogen) atoms. The molecular weight excluding hydrogens is 212 g/mol. The molecule has 3 atom stereocenters. The van der Waals surface area contributed by atoms with Crippen molar-refractivity contribution in [2.24, 2.45) is 17.6 Å². The summed E-state index contributed by atoms with van der Waals surface area (Å²) in [6.45, 7) is 4.37. The predicted molar refractivity (Wildman–Crippen MR) is 67.7 cm³/mol. The van der Waals surface area contributed by atoms with Crippen molar-refractivity contribution in [2.75, 3.05) is 0 Å². The molecule has 3 N–H and O–H groups in total. The highest BCUT2D eigenvalue weighted by atomic mass is 16.1. The van der Waals surface area contributed by atoms with Gasteiger partial charge in [0.15, 0.2) is 0 Å². The lowest BCUT2D eigenvalue weighted by atomic mass is 9.61. The number of rotatable bonds is 0. The van der Waals surface area contributed by atoms with Crippen LogP contribution in [0.1, 0.15) is 31.5 Å². The minimum Gasteiger partial charge on any atom is -0.326 e. The second kappa shape index (κ2) is 3.33. The van der Waals surface area contributed by atoms with Crippen molar-refractivity contribution in [1.29, 1.82) is 0 Å². The molecule has 3 heteroatoms. The van der Waals surface area contributed by atoms with Crippen molar-refractivity contribution in [3.05, 3.63) is 45.4 Å². The molecule has 0 saturated heterocycles. The number of pyridine rings is 1. The summed E-state index contributed by atoms with van der Waals surface area (Å²) in [5.74, 6) is 0.893. The van der Waals surface area contributed by atoms with Crippen LogP contribution in [0.5, 0.6) is 0 Å². The van der Waals surface area contributed by atoms with E-state index in [-0.39, 0.29) is 11.1 Å². The van der Waals surface area contributed by atoms with Crippen molar-refractivity contribution >= 4 is 0 Å². The zero-order valence-electron chi connectivity index (χ0n) is 10.3. The molecule has 2 unspecified atom stereocenters. The summed E-state index contributed by atoms with van der Waals surface area (Å²) in [4.78, 5) is 14.4. The van der Waals surface area contributed by atoms with Gasteiger partial charge in [-0.1, -0.05) is 18.6 Å². The molecule has 1 aromatic heterocycles. The molecule has 2 bridgehead atoms. The molecule has 0 aromatic carbocycles. The van der Waals surface area contributed by atoms with Gasteiger partial charge in [-0.15, -0.1) is 0 Å². The highest BCUT2D eigenvalue weighted by Crippen LogP contribution is 2.47. The predicted octanol–water partition coefficient (Wildman–Crippen LogP) is 1.69. The first-order valence-corrected chi connectivity index (χ1v) is 6.19. The van der Waals surface area contributed by atoms with E-state index < -0.39 is 0 Å². The molecule has 90 valence electrons. The highest BCUT2D eigenvalue weighted by molar-refractivity contribution is 5.38. The quantitative estimate of drug-likeness (QED) is 0.666. The van der Waals surface area contributed by atoms with Crippen LogP contribution in [0.2, 0.25) is 0 Å². The van der Waals surface area contributed by atoms with Crippen LogP contribution >= 0.6 is 0 Å². The number of hydrogen-bond acceptors (Lipinski definition) is 2. The lowest BCUT2D eigenvalue weighted by Crippen LogP contribution is -2.52. The van der Waals surface area contributed by atoms with Crippen LogP contribution in [0.25, 0.3) is 0 Å². The normalized spacial score (nSPS) is 35.1. The summed E-state index contributed by atoms with van der Waals surface area (Å²) >= 11 is 0. The Kier molecular flexibility index (Phi) is 2.11. The number of fused-ring (bicyclic) bond motifs is 4. The third-order valence-electron chi connectivity index (χ3n) is 4.47. The van der Waals surface area contributed by atoms with E-state index in [0.29, 0.717) is 11.8 Å². The van der Waals surface area contributed by atoms with Gasteiger partial charge in [-0.05, 0) is 43.2 Å². The number of nitrogens with two attached hydrogens (primary N) is 1. The second-order valence-electron chi connectivity index (χ2n) is 5.60. The molecule has 1 aromatic rings. The maximum atomic E-state index is 11.4. The van der Waals surface area contributed by atoms with Gasteiger partial charge in [-0.2, -0.15) is 0 Å². The van der Waals surface area contributed by atoms with E-state index in [1.54, 1.807) is 6.07 Å². The largest absolute Gasteiger partial charge is 0.326 e. The number of aromatic amines is 1. The number of aromatic nitrogens is 1. The molecule has 2 aliphatic carbocycles. The van der Waals surface area contributed by atoms with E-state index >= 15 is 0 Å². The Morgan fingerprint density at radius 3 is 3.00 bits per heavy atom. The fourth-order valence-electron chi connectivity index (χ4n) is 3.50. The average Bonchev–Trinajstić information content (AvgIpc) is 2.23. The Hall–Kier alpha value is -1.35. The minimum atomic E-state index is -0.304. The van der Waals surface area contributed by atoms with Crippen molar-refractivity contribution in [1.82, 2.24) is 4.98 Å². The zero-order valence-corrected chi connectivity index (χ0v) is 10.3. The molecular formula is C14H18N2O. The summed E-state index contributed by atoms with van der Waals surface area (Å²) in [5.41, 5.74) is 9.84. The molecule has 0 aliphatic heterocycles. The Morgan fingerprint density at radius 1 is 1.47 bits per heavy atom. The first kappa shape index (κ1) is 10.8. The highest BCUT2D eigenvalue weighted by Gasteiger charge is 2.45. The Labute approximate surface area is 101 Å². The molecule has 0 radical (unpaired) electrons. The molecule has 1 heterocycles. The smallest absolute Gasteiger partial charge is 0.248 e. The first-order chi connectivity index (χ1) is 8.00. The fraction of sp³-hybridized carbons (Fsp3) is 0.500. The van der Waals surface area contributed by atoms with Gasteiger partial charge in [0.25, 0.3) is 0 Å². The third kappa shape index (κ3) is 1.42. The lowest BCUT2D eigenvalue weighted by molar-refractivity contribution is 0.191. The van der Waals surface area contributed by atoms with Crippen LogP contribution < -0.4 is 11.3 Å². The van der Waals surface area contributed by atoms with Crippen LogP contribution in [0, 0.1) is 11.8 Å². The van der Waals surface area contributed by atoms with Gasteiger partial charge in [-0.3, -0.25) is 4.79 Å². The van der Waals surface area contributed by atoms with E-state index in [2.05, 4.69) is 24.9 Å². The van der Waals surface area contributed by atoms with Gasteiger partial charge >= 0.3 is 0 Å². The minimum absolute atomic E-state index is 0.0271. The molecule has 0 fully saturated rings. The number of hydrogen-bond donors (Lipinski definition) is 2. The number of nitrogens with one attached hydrogen (secondary N) is 1. The molecule has 3 nitrogen and oxygen atoms in total. The van der Waals surface area contributed by atoms with Gasteiger partial charge < -0.3 is 10.7 Å². The van der Waals surface area contributed by atoms with E-state index in [1.165, 1.54) is 5.57 Å². The average molecular weight is 230 g/mol. The third-order valence-corrected chi connectivity index (χ3v) is 4.47. The molecule has 0 spiro atoms. The Bertz CT molecular complexity index is 558. The summed E-state index contributed by atoms with van der Waals surface area (Å²) in [6.07, 6.45) is 4.12.